The summed E-state index contributed by atoms with van der Waals surface area (Å²) in [5.74, 6) is 1.26. The Hall–Kier alpha value is -2.12. The van der Waals surface area contributed by atoms with Crippen LogP contribution in [0.25, 0.3) is 5.82 Å². The highest BCUT2D eigenvalue weighted by Gasteiger charge is 2.23. The molecule has 1 aliphatic rings. The Balaban J connectivity index is 1.50. The molecule has 0 radical (unpaired) electrons. The first kappa shape index (κ1) is 14.5. The largest absolute Gasteiger partial charge is 0.297 e. The fraction of sp³-hybridized carbons (Fsp3) is 0.375. The summed E-state index contributed by atoms with van der Waals surface area (Å²) in [5, 5.41) is 2.13. The van der Waals surface area contributed by atoms with Gasteiger partial charge in [0.2, 0.25) is 0 Å². The van der Waals surface area contributed by atoms with Crippen molar-refractivity contribution in [3.8, 4) is 5.82 Å². The predicted molar refractivity (Wildman–Crippen MR) is 88.5 cm³/mol. The first-order valence-electron chi connectivity index (χ1n) is 7.78. The van der Waals surface area contributed by atoms with Gasteiger partial charge in [0.05, 0.1) is 23.1 Å². The van der Waals surface area contributed by atoms with Crippen LogP contribution in [-0.4, -0.2) is 42.5 Å². The van der Waals surface area contributed by atoms with E-state index in [2.05, 4.69) is 25.2 Å². The summed E-state index contributed by atoms with van der Waals surface area (Å²) in [6.07, 6.45) is 11.4. The minimum absolute atomic E-state index is 0.429. The van der Waals surface area contributed by atoms with Crippen LogP contribution in [0.2, 0.25) is 0 Å². The molecule has 1 aliphatic heterocycles. The molecule has 3 aromatic heterocycles. The monoisotopic (exact) mass is 326 g/mol. The molecule has 7 heteroatoms. The van der Waals surface area contributed by atoms with E-state index in [0.717, 1.165) is 43.3 Å². The fourth-order valence-electron chi connectivity index (χ4n) is 3.07. The number of piperidine rings is 1. The third-order valence-electron chi connectivity index (χ3n) is 4.20. The number of likely N-dealkylation sites (tertiary alicyclic amines) is 1. The Morgan fingerprint density at radius 1 is 1.26 bits per heavy atom. The van der Waals surface area contributed by atoms with Gasteiger partial charge in [0.15, 0.2) is 5.82 Å². The third kappa shape index (κ3) is 3.30. The molecule has 0 amide bonds. The zero-order valence-corrected chi connectivity index (χ0v) is 13.6. The molecule has 118 valence electrons. The van der Waals surface area contributed by atoms with Gasteiger partial charge in [-0.15, -0.1) is 11.3 Å². The summed E-state index contributed by atoms with van der Waals surface area (Å²) < 4.78 is 1.90. The lowest BCUT2D eigenvalue weighted by Gasteiger charge is -2.31. The van der Waals surface area contributed by atoms with E-state index in [1.165, 1.54) is 6.42 Å². The average molecular weight is 326 g/mol. The number of aromatic nitrogens is 5. The van der Waals surface area contributed by atoms with Gasteiger partial charge >= 0.3 is 0 Å². The van der Waals surface area contributed by atoms with Gasteiger partial charge in [-0.05, 0) is 19.4 Å². The molecule has 1 saturated heterocycles. The van der Waals surface area contributed by atoms with Crippen molar-refractivity contribution < 1.29 is 0 Å². The lowest BCUT2D eigenvalue weighted by molar-refractivity contribution is 0.196. The van der Waals surface area contributed by atoms with Crippen LogP contribution in [0.5, 0.6) is 0 Å². The molecular formula is C16H18N6S. The van der Waals surface area contributed by atoms with Gasteiger partial charge in [-0.3, -0.25) is 14.5 Å². The number of thiazole rings is 1. The molecule has 0 N–H and O–H groups in total. The second-order valence-corrected chi connectivity index (χ2v) is 6.54. The molecule has 1 fully saturated rings. The van der Waals surface area contributed by atoms with E-state index in [-0.39, 0.29) is 0 Å². The topological polar surface area (TPSA) is 59.7 Å². The van der Waals surface area contributed by atoms with E-state index < -0.39 is 0 Å². The minimum atomic E-state index is 0.429. The van der Waals surface area contributed by atoms with Crippen LogP contribution in [0.3, 0.4) is 0 Å². The molecular weight excluding hydrogens is 308 g/mol. The molecule has 0 unspecified atom stereocenters. The van der Waals surface area contributed by atoms with Crippen LogP contribution in [0, 0.1) is 0 Å². The summed E-state index contributed by atoms with van der Waals surface area (Å²) in [6.45, 7) is 3.07. The van der Waals surface area contributed by atoms with Gasteiger partial charge in [0.1, 0.15) is 6.33 Å². The number of hydrogen-bond donors (Lipinski definition) is 0. The summed E-state index contributed by atoms with van der Waals surface area (Å²) in [4.78, 5) is 20.1. The van der Waals surface area contributed by atoms with Crippen LogP contribution in [0.4, 0.5) is 0 Å². The zero-order chi connectivity index (χ0) is 15.5. The molecule has 0 saturated carbocycles. The van der Waals surface area contributed by atoms with E-state index >= 15 is 0 Å². The standard InChI is InChI=1S/C16H18N6S/c1-2-13(8-21(4-1)9-14-10-23-12-19-14)15-6-18-7-16(20-15)22-5-3-17-11-22/h3,5-7,10-13H,1-2,4,8-9H2/t13-/m0/s1. The number of imidazole rings is 1. The van der Waals surface area contributed by atoms with Crippen molar-refractivity contribution in [2.45, 2.75) is 25.3 Å². The molecule has 6 nitrogen and oxygen atoms in total. The quantitative estimate of drug-likeness (QED) is 0.737. The van der Waals surface area contributed by atoms with E-state index in [1.807, 2.05) is 22.5 Å². The maximum Gasteiger partial charge on any atom is 0.156 e. The molecule has 4 heterocycles. The van der Waals surface area contributed by atoms with Crippen LogP contribution < -0.4 is 0 Å². The normalized spacial score (nSPS) is 19.0. The highest BCUT2D eigenvalue weighted by molar-refractivity contribution is 7.07. The molecule has 3 aromatic rings. The van der Waals surface area contributed by atoms with Gasteiger partial charge < -0.3 is 0 Å². The molecule has 0 aromatic carbocycles. The van der Waals surface area contributed by atoms with Crippen LogP contribution in [0.15, 0.2) is 42.0 Å². The Morgan fingerprint density at radius 2 is 2.26 bits per heavy atom. The lowest BCUT2D eigenvalue weighted by Crippen LogP contribution is -2.34. The second-order valence-electron chi connectivity index (χ2n) is 5.83. The highest BCUT2D eigenvalue weighted by atomic mass is 32.1. The first-order chi connectivity index (χ1) is 11.4. The smallest absolute Gasteiger partial charge is 0.156 e. The Kier molecular flexibility index (Phi) is 4.12. The van der Waals surface area contributed by atoms with Crippen molar-refractivity contribution in [2.24, 2.45) is 0 Å². The zero-order valence-electron chi connectivity index (χ0n) is 12.7. The fourth-order valence-corrected chi connectivity index (χ4v) is 3.62. The van der Waals surface area contributed by atoms with E-state index in [9.17, 15) is 0 Å². The van der Waals surface area contributed by atoms with Crippen molar-refractivity contribution >= 4 is 11.3 Å². The first-order valence-corrected chi connectivity index (χ1v) is 8.72. The molecule has 0 bridgehead atoms. The lowest BCUT2D eigenvalue weighted by atomic mass is 9.95. The van der Waals surface area contributed by atoms with Crippen molar-refractivity contribution in [3.05, 3.63) is 53.4 Å². The summed E-state index contributed by atoms with van der Waals surface area (Å²) in [7, 11) is 0. The van der Waals surface area contributed by atoms with Crippen LogP contribution in [0.1, 0.15) is 30.1 Å². The van der Waals surface area contributed by atoms with Crippen molar-refractivity contribution in [2.75, 3.05) is 13.1 Å². The van der Waals surface area contributed by atoms with E-state index in [1.54, 1.807) is 30.1 Å². The Labute approximate surface area is 138 Å². The Morgan fingerprint density at radius 3 is 3.09 bits per heavy atom. The van der Waals surface area contributed by atoms with Crippen LogP contribution in [-0.2, 0) is 6.54 Å². The number of hydrogen-bond acceptors (Lipinski definition) is 6. The number of rotatable bonds is 4. The predicted octanol–water partition coefficient (Wildman–Crippen LogP) is 2.50. The minimum Gasteiger partial charge on any atom is -0.297 e. The molecule has 23 heavy (non-hydrogen) atoms. The summed E-state index contributed by atoms with van der Waals surface area (Å²) >= 11 is 1.66. The Bertz CT molecular complexity index is 740. The van der Waals surface area contributed by atoms with E-state index in [4.69, 9.17) is 4.98 Å². The van der Waals surface area contributed by atoms with Crippen molar-refractivity contribution in [1.82, 2.24) is 29.4 Å². The maximum absolute atomic E-state index is 4.79. The highest BCUT2D eigenvalue weighted by Crippen LogP contribution is 2.26. The average Bonchev–Trinajstić information content (AvgIpc) is 3.29. The van der Waals surface area contributed by atoms with Gasteiger partial charge in [-0.25, -0.2) is 15.0 Å². The van der Waals surface area contributed by atoms with Gasteiger partial charge in [-0.1, -0.05) is 0 Å². The van der Waals surface area contributed by atoms with E-state index in [0.29, 0.717) is 5.92 Å². The number of nitrogens with zero attached hydrogens (tertiary/aromatic N) is 6. The summed E-state index contributed by atoms with van der Waals surface area (Å²) in [6, 6.07) is 0. The molecule has 0 spiro atoms. The van der Waals surface area contributed by atoms with Crippen molar-refractivity contribution in [1.29, 1.82) is 0 Å². The second kappa shape index (κ2) is 6.55. The molecule has 4 rings (SSSR count). The van der Waals surface area contributed by atoms with Crippen molar-refractivity contribution in [3.63, 3.8) is 0 Å². The van der Waals surface area contributed by atoms with Gasteiger partial charge in [0.25, 0.3) is 0 Å². The molecule has 0 aliphatic carbocycles. The van der Waals surface area contributed by atoms with Gasteiger partial charge in [0, 0.05) is 43.0 Å². The maximum atomic E-state index is 4.79. The van der Waals surface area contributed by atoms with Gasteiger partial charge in [-0.2, -0.15) is 0 Å². The summed E-state index contributed by atoms with van der Waals surface area (Å²) in [5.41, 5.74) is 4.13. The van der Waals surface area contributed by atoms with Crippen LogP contribution >= 0.6 is 11.3 Å². The molecule has 1 atom stereocenters. The SMILES string of the molecule is c1cn(-c2cncc([C@H]3CCCN(Cc4cscn4)C3)n2)cn1. The third-order valence-corrected chi connectivity index (χ3v) is 4.84.